The van der Waals surface area contributed by atoms with Crippen LogP contribution in [-0.4, -0.2) is 54.5 Å². The van der Waals surface area contributed by atoms with E-state index in [0.717, 1.165) is 11.8 Å². The first-order valence-electron chi connectivity index (χ1n) is 4.29. The van der Waals surface area contributed by atoms with Gasteiger partial charge < -0.3 is 10.2 Å². The molecule has 8 nitrogen and oxygen atoms in total. The molecular weight excluding hydrogens is 236 g/mol. The van der Waals surface area contributed by atoms with E-state index in [4.69, 9.17) is 10.2 Å². The zero-order chi connectivity index (χ0) is 12.1. The lowest BCUT2D eigenvalue weighted by molar-refractivity contribution is -0.151. The molecule has 1 unspecified atom stereocenters. The van der Waals surface area contributed by atoms with Gasteiger partial charge in [0.05, 0.1) is 12.5 Å². The molecule has 0 radical (unpaired) electrons. The van der Waals surface area contributed by atoms with Gasteiger partial charge in [-0.1, -0.05) is 11.8 Å². The summed E-state index contributed by atoms with van der Waals surface area (Å²) in [4.78, 5) is 21.5. The highest BCUT2D eigenvalue weighted by molar-refractivity contribution is 7.99. The van der Waals surface area contributed by atoms with Crippen molar-refractivity contribution in [2.45, 2.75) is 5.16 Å². The molecule has 0 amide bonds. The largest absolute Gasteiger partial charge is 0.475 e. The van der Waals surface area contributed by atoms with Crippen LogP contribution in [0.3, 0.4) is 0 Å². The molecule has 1 aromatic rings. The van der Waals surface area contributed by atoms with Gasteiger partial charge in [0.15, 0.2) is 0 Å². The third-order valence-electron chi connectivity index (χ3n) is 1.80. The lowest BCUT2D eigenvalue weighted by atomic mass is 10.1. The monoisotopic (exact) mass is 246 g/mol. The Balaban J connectivity index is 2.56. The number of Topliss-reactive ketones (excluding diaryl/α,β-unsaturated/α-hetero) is 1. The van der Waals surface area contributed by atoms with Crippen molar-refractivity contribution in [3.63, 3.8) is 0 Å². The highest BCUT2D eigenvalue weighted by atomic mass is 32.2. The predicted molar refractivity (Wildman–Crippen MR) is 52.7 cm³/mol. The molecule has 0 aliphatic heterocycles. The lowest BCUT2D eigenvalue weighted by Gasteiger charge is -2.08. The van der Waals surface area contributed by atoms with Crippen LogP contribution in [0.1, 0.15) is 0 Å². The first-order chi connectivity index (χ1) is 7.56. The topological polar surface area (TPSA) is 118 Å². The van der Waals surface area contributed by atoms with Crippen molar-refractivity contribution in [3.8, 4) is 0 Å². The molecule has 0 aromatic carbocycles. The van der Waals surface area contributed by atoms with Crippen LogP contribution < -0.4 is 0 Å². The second-order valence-corrected chi connectivity index (χ2v) is 3.93. The maximum Gasteiger partial charge on any atom is 0.372 e. The van der Waals surface area contributed by atoms with E-state index < -0.39 is 24.3 Å². The van der Waals surface area contributed by atoms with Crippen molar-refractivity contribution in [1.29, 1.82) is 0 Å². The molecule has 16 heavy (non-hydrogen) atoms. The number of ketones is 1. The number of tetrazole rings is 1. The third-order valence-corrected chi connectivity index (χ3v) is 2.97. The van der Waals surface area contributed by atoms with E-state index in [0.29, 0.717) is 5.16 Å². The van der Waals surface area contributed by atoms with Crippen molar-refractivity contribution >= 4 is 23.5 Å². The number of aliphatic hydroxyl groups is 1. The first kappa shape index (κ1) is 12.6. The van der Waals surface area contributed by atoms with Crippen LogP contribution in [0.15, 0.2) is 5.16 Å². The van der Waals surface area contributed by atoms with Crippen LogP contribution in [0.25, 0.3) is 0 Å². The molecule has 2 N–H and O–H groups in total. The molecule has 0 bridgehead atoms. The van der Waals surface area contributed by atoms with E-state index in [1.54, 1.807) is 7.05 Å². The average Bonchev–Trinajstić information content (AvgIpc) is 2.65. The number of thioether (sulfide) groups is 1. The predicted octanol–water partition coefficient (Wildman–Crippen LogP) is -1.44. The first-order valence-corrected chi connectivity index (χ1v) is 5.28. The van der Waals surface area contributed by atoms with Crippen molar-refractivity contribution in [2.24, 2.45) is 13.0 Å². The van der Waals surface area contributed by atoms with Gasteiger partial charge >= 0.3 is 5.97 Å². The normalized spacial score (nSPS) is 12.4. The number of aliphatic hydroxyl groups excluding tert-OH is 1. The maximum atomic E-state index is 11.1. The number of carboxylic acid groups (broad SMARTS) is 1. The highest BCUT2D eigenvalue weighted by Gasteiger charge is 2.24. The molecule has 0 spiro atoms. The fourth-order valence-electron chi connectivity index (χ4n) is 0.905. The molecule has 0 aliphatic carbocycles. The molecule has 88 valence electrons. The van der Waals surface area contributed by atoms with E-state index >= 15 is 0 Å². The van der Waals surface area contributed by atoms with Crippen LogP contribution in [0.5, 0.6) is 0 Å². The summed E-state index contributed by atoms with van der Waals surface area (Å²) in [7, 11) is 1.62. The molecule has 1 atom stereocenters. The minimum absolute atomic E-state index is 0.121. The summed E-state index contributed by atoms with van der Waals surface area (Å²) in [6.07, 6.45) is 0. The van der Waals surface area contributed by atoms with E-state index in [1.165, 1.54) is 4.68 Å². The van der Waals surface area contributed by atoms with Gasteiger partial charge in [-0.3, -0.25) is 4.79 Å². The summed E-state index contributed by atoms with van der Waals surface area (Å²) in [5, 5.41) is 28.4. The third kappa shape index (κ3) is 3.00. The highest BCUT2D eigenvalue weighted by Crippen LogP contribution is 2.17. The Morgan fingerprint density at radius 2 is 2.25 bits per heavy atom. The minimum Gasteiger partial charge on any atom is -0.475 e. The van der Waals surface area contributed by atoms with Gasteiger partial charge in [0.25, 0.3) is 0 Å². The average molecular weight is 246 g/mol. The summed E-state index contributed by atoms with van der Waals surface area (Å²) < 4.78 is 1.39. The van der Waals surface area contributed by atoms with Gasteiger partial charge in [-0.15, -0.1) is 5.10 Å². The van der Waals surface area contributed by atoms with Crippen LogP contribution in [0, 0.1) is 5.92 Å². The Kier molecular flexibility index (Phi) is 4.38. The molecule has 1 aromatic heterocycles. The lowest BCUT2D eigenvalue weighted by Crippen LogP contribution is -2.28. The molecule has 0 aliphatic rings. The summed E-state index contributed by atoms with van der Waals surface area (Å²) in [5.41, 5.74) is 0. The Morgan fingerprint density at radius 1 is 1.56 bits per heavy atom. The van der Waals surface area contributed by atoms with Gasteiger partial charge in [0, 0.05) is 12.8 Å². The number of aliphatic carboxylic acids is 1. The number of aromatic nitrogens is 4. The molecule has 0 fully saturated rings. The van der Waals surface area contributed by atoms with Crippen molar-refractivity contribution in [2.75, 3.05) is 12.4 Å². The van der Waals surface area contributed by atoms with Crippen molar-refractivity contribution in [3.05, 3.63) is 0 Å². The van der Waals surface area contributed by atoms with Crippen LogP contribution in [0.2, 0.25) is 0 Å². The molecule has 1 rings (SSSR count). The van der Waals surface area contributed by atoms with Gasteiger partial charge in [0.1, 0.15) is 0 Å². The zero-order valence-corrected chi connectivity index (χ0v) is 9.22. The number of hydrogen-bond donors (Lipinski definition) is 2. The standard InChI is InChI=1S/C7H10N4O4S/c1-11-7(8-9-10-11)16-3-4(2-12)5(13)6(14)15/h4,12H,2-3H2,1H3,(H,14,15). The van der Waals surface area contributed by atoms with Gasteiger partial charge in [-0.2, -0.15) is 0 Å². The summed E-state index contributed by atoms with van der Waals surface area (Å²) in [5.74, 6) is -3.38. The van der Waals surface area contributed by atoms with E-state index in [1.807, 2.05) is 0 Å². The number of carbonyl (C=O) groups is 2. The minimum atomic E-state index is -1.55. The van der Waals surface area contributed by atoms with Crippen LogP contribution in [0.4, 0.5) is 0 Å². The molecule has 0 saturated heterocycles. The smallest absolute Gasteiger partial charge is 0.372 e. The quantitative estimate of drug-likeness (QED) is 0.463. The van der Waals surface area contributed by atoms with Crippen LogP contribution >= 0.6 is 11.8 Å². The SMILES string of the molecule is Cn1nnnc1SCC(CO)C(=O)C(=O)O. The number of carboxylic acids is 1. The molecule has 9 heteroatoms. The van der Waals surface area contributed by atoms with Gasteiger partial charge in [-0.05, 0) is 10.4 Å². The fraction of sp³-hybridized carbons (Fsp3) is 0.571. The number of aryl methyl sites for hydroxylation is 1. The molecular formula is C7H10N4O4S. The Labute approximate surface area is 94.6 Å². The van der Waals surface area contributed by atoms with Crippen LogP contribution in [-0.2, 0) is 16.6 Å². The maximum absolute atomic E-state index is 11.1. The summed E-state index contributed by atoms with van der Waals surface area (Å²) in [6.45, 7) is -0.511. The molecule has 1 heterocycles. The van der Waals surface area contributed by atoms with E-state index in [2.05, 4.69) is 15.5 Å². The Hall–Kier alpha value is -1.48. The van der Waals surface area contributed by atoms with Crippen molar-refractivity contribution in [1.82, 2.24) is 20.2 Å². The number of nitrogens with zero attached hydrogens (tertiary/aromatic N) is 4. The van der Waals surface area contributed by atoms with Gasteiger partial charge in [0.2, 0.25) is 10.9 Å². The zero-order valence-electron chi connectivity index (χ0n) is 8.40. The number of rotatable bonds is 6. The van der Waals surface area contributed by atoms with Gasteiger partial charge in [-0.25, -0.2) is 9.48 Å². The van der Waals surface area contributed by atoms with E-state index in [-0.39, 0.29) is 5.75 Å². The Bertz CT molecular complexity index is 393. The second kappa shape index (κ2) is 5.56. The summed E-state index contributed by atoms with van der Waals surface area (Å²) >= 11 is 1.11. The Morgan fingerprint density at radius 3 is 2.69 bits per heavy atom. The fourth-order valence-corrected chi connectivity index (χ4v) is 1.83. The molecule has 0 saturated carbocycles. The number of carbonyl (C=O) groups excluding carboxylic acids is 1. The van der Waals surface area contributed by atoms with Crippen molar-refractivity contribution < 1.29 is 19.8 Å². The summed E-state index contributed by atoms with van der Waals surface area (Å²) in [6, 6.07) is 0. The second-order valence-electron chi connectivity index (χ2n) is 2.94. The van der Waals surface area contributed by atoms with E-state index in [9.17, 15) is 9.59 Å². The number of hydrogen-bond acceptors (Lipinski definition) is 7.